The number of aromatic nitrogens is 2. The summed E-state index contributed by atoms with van der Waals surface area (Å²) in [5, 5.41) is 14.8. The average molecular weight is 248 g/mol. The third-order valence-corrected chi connectivity index (χ3v) is 4.69. The van der Waals surface area contributed by atoms with Gasteiger partial charge in [0, 0.05) is 12.1 Å². The van der Waals surface area contributed by atoms with E-state index in [4.69, 9.17) is 5.10 Å². The maximum absolute atomic E-state index is 10.1. The van der Waals surface area contributed by atoms with Gasteiger partial charge in [0.15, 0.2) is 0 Å². The molecule has 0 aromatic carbocycles. The van der Waals surface area contributed by atoms with Crippen molar-refractivity contribution in [1.29, 1.82) is 0 Å². The summed E-state index contributed by atoms with van der Waals surface area (Å²) in [7, 11) is 0. The minimum absolute atomic E-state index is 0.196. The Kier molecular flexibility index (Phi) is 3.69. The molecule has 0 amide bonds. The summed E-state index contributed by atoms with van der Waals surface area (Å²) in [6, 6.07) is 2.40. The number of aliphatic hydroxyl groups excluding tert-OH is 1. The molecular weight excluding hydrogens is 224 g/mol. The second-order valence-corrected chi connectivity index (χ2v) is 5.97. The van der Waals surface area contributed by atoms with Gasteiger partial charge in [0.1, 0.15) is 0 Å². The molecule has 0 bridgehead atoms. The van der Waals surface area contributed by atoms with Gasteiger partial charge in [0.05, 0.1) is 17.8 Å². The molecule has 1 aromatic heterocycles. The highest BCUT2D eigenvalue weighted by atomic mass is 16.3. The van der Waals surface area contributed by atoms with Gasteiger partial charge in [-0.1, -0.05) is 32.1 Å². The van der Waals surface area contributed by atoms with E-state index in [-0.39, 0.29) is 12.1 Å². The highest BCUT2D eigenvalue weighted by molar-refractivity contribution is 5.08. The largest absolute Gasteiger partial charge is 0.391 e. The van der Waals surface area contributed by atoms with Crippen LogP contribution in [0.15, 0.2) is 12.3 Å². The smallest absolute Gasteiger partial charge is 0.0778 e. The monoisotopic (exact) mass is 248 g/mol. The van der Waals surface area contributed by atoms with E-state index in [0.717, 1.165) is 19.3 Å². The topological polar surface area (TPSA) is 38.0 Å². The third-order valence-electron chi connectivity index (χ3n) is 4.69. The van der Waals surface area contributed by atoms with Crippen molar-refractivity contribution in [3.8, 4) is 0 Å². The van der Waals surface area contributed by atoms with Gasteiger partial charge in [0.25, 0.3) is 0 Å². The molecule has 100 valence electrons. The van der Waals surface area contributed by atoms with E-state index in [0.29, 0.717) is 5.92 Å². The van der Waals surface area contributed by atoms with Crippen molar-refractivity contribution in [2.75, 3.05) is 0 Å². The Balaban J connectivity index is 1.71. The molecule has 2 saturated carbocycles. The van der Waals surface area contributed by atoms with Crippen LogP contribution < -0.4 is 0 Å². The van der Waals surface area contributed by atoms with Gasteiger partial charge in [0.2, 0.25) is 0 Å². The van der Waals surface area contributed by atoms with E-state index in [1.165, 1.54) is 44.2 Å². The molecule has 0 aliphatic heterocycles. The number of nitrogens with zero attached hydrogens (tertiary/aromatic N) is 2. The molecule has 2 atom stereocenters. The van der Waals surface area contributed by atoms with Crippen LogP contribution in [0, 0.1) is 0 Å². The maximum Gasteiger partial charge on any atom is 0.0778 e. The van der Waals surface area contributed by atoms with Crippen molar-refractivity contribution in [1.82, 2.24) is 9.78 Å². The van der Waals surface area contributed by atoms with Crippen LogP contribution in [0.5, 0.6) is 0 Å². The first-order chi connectivity index (χ1) is 8.84. The van der Waals surface area contributed by atoms with E-state index in [1.807, 2.05) is 4.68 Å². The Morgan fingerprint density at radius 2 is 1.72 bits per heavy atom. The van der Waals surface area contributed by atoms with Crippen LogP contribution in [0.3, 0.4) is 0 Å². The lowest BCUT2D eigenvalue weighted by Crippen LogP contribution is -2.28. The molecule has 1 heterocycles. The van der Waals surface area contributed by atoms with Crippen LogP contribution >= 0.6 is 0 Å². The summed E-state index contributed by atoms with van der Waals surface area (Å²) >= 11 is 0. The second-order valence-electron chi connectivity index (χ2n) is 5.97. The Morgan fingerprint density at radius 1 is 1.00 bits per heavy atom. The third kappa shape index (κ3) is 2.46. The molecular formula is C15H24N2O. The molecule has 2 fully saturated rings. The first kappa shape index (κ1) is 12.2. The fraction of sp³-hybridized carbons (Fsp3) is 0.800. The quantitative estimate of drug-likeness (QED) is 0.871. The predicted molar refractivity (Wildman–Crippen MR) is 71.6 cm³/mol. The van der Waals surface area contributed by atoms with Crippen LogP contribution in [0.1, 0.15) is 75.4 Å². The molecule has 3 nitrogen and oxygen atoms in total. The zero-order valence-electron chi connectivity index (χ0n) is 11.1. The maximum atomic E-state index is 10.1. The van der Waals surface area contributed by atoms with Crippen LogP contribution in [-0.2, 0) is 0 Å². The Morgan fingerprint density at radius 3 is 2.50 bits per heavy atom. The first-order valence-corrected chi connectivity index (χ1v) is 7.58. The SMILES string of the molecule is O[C@@H]1CCCC[C@H]1n1ccc(C2CCCCC2)n1. The van der Waals surface area contributed by atoms with Crippen LogP contribution in [0.2, 0.25) is 0 Å². The number of hydrogen-bond acceptors (Lipinski definition) is 2. The number of aliphatic hydroxyl groups is 1. The van der Waals surface area contributed by atoms with Crippen molar-refractivity contribution >= 4 is 0 Å². The molecule has 2 aliphatic rings. The van der Waals surface area contributed by atoms with Gasteiger partial charge in [-0.3, -0.25) is 4.68 Å². The molecule has 2 aliphatic carbocycles. The zero-order chi connectivity index (χ0) is 12.4. The molecule has 0 radical (unpaired) electrons. The highest BCUT2D eigenvalue weighted by Crippen LogP contribution is 2.33. The lowest BCUT2D eigenvalue weighted by molar-refractivity contribution is 0.0691. The van der Waals surface area contributed by atoms with Crippen LogP contribution in [-0.4, -0.2) is 21.0 Å². The first-order valence-electron chi connectivity index (χ1n) is 7.58. The fourth-order valence-corrected chi connectivity index (χ4v) is 3.55. The van der Waals surface area contributed by atoms with Gasteiger partial charge in [-0.25, -0.2) is 0 Å². The Hall–Kier alpha value is -0.830. The van der Waals surface area contributed by atoms with E-state index in [1.54, 1.807) is 0 Å². The second kappa shape index (κ2) is 5.43. The molecule has 3 rings (SSSR count). The summed E-state index contributed by atoms with van der Waals surface area (Å²) in [6.07, 6.45) is 13.0. The lowest BCUT2D eigenvalue weighted by atomic mass is 9.87. The van der Waals surface area contributed by atoms with Gasteiger partial charge < -0.3 is 5.11 Å². The molecule has 0 unspecified atom stereocenters. The summed E-state index contributed by atoms with van der Waals surface area (Å²) < 4.78 is 2.04. The standard InChI is InChI=1S/C15H24N2O/c18-15-9-5-4-8-14(15)17-11-10-13(16-17)12-6-2-1-3-7-12/h10-12,14-15,18H,1-9H2/t14-,15-/m1/s1. The summed E-state index contributed by atoms with van der Waals surface area (Å²) in [5.41, 5.74) is 1.26. The number of hydrogen-bond donors (Lipinski definition) is 1. The van der Waals surface area contributed by atoms with Crippen molar-refractivity contribution in [3.05, 3.63) is 18.0 Å². The lowest BCUT2D eigenvalue weighted by Gasteiger charge is -2.28. The molecule has 3 heteroatoms. The molecule has 1 N–H and O–H groups in total. The van der Waals surface area contributed by atoms with Gasteiger partial charge in [-0.05, 0) is 31.7 Å². The average Bonchev–Trinajstić information content (AvgIpc) is 2.90. The van der Waals surface area contributed by atoms with E-state index in [2.05, 4.69) is 12.3 Å². The van der Waals surface area contributed by atoms with Crippen molar-refractivity contribution in [2.24, 2.45) is 0 Å². The van der Waals surface area contributed by atoms with Crippen molar-refractivity contribution in [3.63, 3.8) is 0 Å². The zero-order valence-corrected chi connectivity index (χ0v) is 11.1. The molecule has 0 spiro atoms. The Labute approximate surface area is 109 Å². The van der Waals surface area contributed by atoms with Crippen LogP contribution in [0.4, 0.5) is 0 Å². The minimum Gasteiger partial charge on any atom is -0.391 e. The van der Waals surface area contributed by atoms with Gasteiger partial charge in [-0.15, -0.1) is 0 Å². The van der Waals surface area contributed by atoms with Crippen molar-refractivity contribution < 1.29 is 5.11 Å². The van der Waals surface area contributed by atoms with E-state index >= 15 is 0 Å². The summed E-state index contributed by atoms with van der Waals surface area (Å²) in [4.78, 5) is 0. The molecule has 0 saturated heterocycles. The number of rotatable bonds is 2. The molecule has 18 heavy (non-hydrogen) atoms. The van der Waals surface area contributed by atoms with E-state index in [9.17, 15) is 5.11 Å². The highest BCUT2D eigenvalue weighted by Gasteiger charge is 2.26. The summed E-state index contributed by atoms with van der Waals surface area (Å²) in [6.45, 7) is 0. The molecule has 1 aromatic rings. The van der Waals surface area contributed by atoms with E-state index < -0.39 is 0 Å². The summed E-state index contributed by atoms with van der Waals surface area (Å²) in [5.74, 6) is 0.667. The normalized spacial score (nSPS) is 30.5. The predicted octanol–water partition coefficient (Wildman–Crippen LogP) is 3.41. The van der Waals surface area contributed by atoms with Gasteiger partial charge >= 0.3 is 0 Å². The minimum atomic E-state index is -0.196. The van der Waals surface area contributed by atoms with Crippen LogP contribution in [0.25, 0.3) is 0 Å². The van der Waals surface area contributed by atoms with Crippen molar-refractivity contribution in [2.45, 2.75) is 75.9 Å². The Bertz CT molecular complexity index is 382. The van der Waals surface area contributed by atoms with Gasteiger partial charge in [-0.2, -0.15) is 5.10 Å². The fourth-order valence-electron chi connectivity index (χ4n) is 3.55.